The van der Waals surface area contributed by atoms with Crippen molar-refractivity contribution < 1.29 is 19.4 Å². The maximum absolute atomic E-state index is 12.1. The molecule has 3 atom stereocenters. The first kappa shape index (κ1) is 26.6. The third-order valence-electron chi connectivity index (χ3n) is 7.15. The SMILES string of the molecule is CCC(CC)O[C@@H]1C=C(C(=O)O)C[C@H](NCc2ccc(-c3ccccc3)c3ccccc23)[C@H]1NC(C)=O. The highest BCUT2D eigenvalue weighted by atomic mass is 16.5. The van der Waals surface area contributed by atoms with E-state index in [2.05, 4.69) is 47.0 Å². The van der Waals surface area contributed by atoms with Crippen LogP contribution >= 0.6 is 0 Å². The van der Waals surface area contributed by atoms with Gasteiger partial charge in [-0.15, -0.1) is 0 Å². The lowest BCUT2D eigenvalue weighted by molar-refractivity contribution is -0.133. The third-order valence-corrected chi connectivity index (χ3v) is 7.15. The minimum absolute atomic E-state index is 0.0132. The van der Waals surface area contributed by atoms with Crippen LogP contribution < -0.4 is 10.6 Å². The maximum Gasteiger partial charge on any atom is 0.331 e. The van der Waals surface area contributed by atoms with Crippen LogP contribution in [0.2, 0.25) is 0 Å². The van der Waals surface area contributed by atoms with Crippen LogP contribution in [0.4, 0.5) is 0 Å². The van der Waals surface area contributed by atoms with Gasteiger partial charge in [-0.2, -0.15) is 0 Å². The third kappa shape index (κ3) is 6.27. The van der Waals surface area contributed by atoms with Gasteiger partial charge in [0.2, 0.25) is 5.91 Å². The van der Waals surface area contributed by atoms with Gasteiger partial charge in [-0.05, 0) is 52.8 Å². The zero-order valence-corrected chi connectivity index (χ0v) is 21.7. The Morgan fingerprint density at radius 1 is 0.973 bits per heavy atom. The molecule has 194 valence electrons. The number of carbonyl (C=O) groups is 2. The molecule has 3 N–H and O–H groups in total. The molecule has 0 fully saturated rings. The van der Waals surface area contributed by atoms with Gasteiger partial charge in [-0.25, -0.2) is 4.79 Å². The molecule has 0 bridgehead atoms. The average Bonchev–Trinajstić information content (AvgIpc) is 2.91. The fourth-order valence-corrected chi connectivity index (χ4v) is 5.19. The van der Waals surface area contributed by atoms with E-state index >= 15 is 0 Å². The fourth-order valence-electron chi connectivity index (χ4n) is 5.19. The van der Waals surface area contributed by atoms with Crippen LogP contribution in [0.1, 0.15) is 45.6 Å². The van der Waals surface area contributed by atoms with Crippen molar-refractivity contribution in [2.24, 2.45) is 0 Å². The van der Waals surface area contributed by atoms with Gasteiger partial charge in [0.25, 0.3) is 0 Å². The Morgan fingerprint density at radius 3 is 2.30 bits per heavy atom. The largest absolute Gasteiger partial charge is 0.478 e. The summed E-state index contributed by atoms with van der Waals surface area (Å²) in [7, 11) is 0. The first-order valence-corrected chi connectivity index (χ1v) is 13.1. The monoisotopic (exact) mass is 500 g/mol. The number of hydrogen-bond acceptors (Lipinski definition) is 4. The minimum atomic E-state index is -0.955. The Morgan fingerprint density at radius 2 is 1.65 bits per heavy atom. The summed E-state index contributed by atoms with van der Waals surface area (Å²) >= 11 is 0. The first-order valence-electron chi connectivity index (χ1n) is 13.1. The number of carbonyl (C=O) groups excluding carboxylic acids is 1. The Hall–Kier alpha value is -3.48. The van der Waals surface area contributed by atoms with Crippen molar-refractivity contribution in [1.29, 1.82) is 0 Å². The molecule has 37 heavy (non-hydrogen) atoms. The van der Waals surface area contributed by atoms with E-state index in [4.69, 9.17) is 4.74 Å². The van der Waals surface area contributed by atoms with E-state index in [9.17, 15) is 14.7 Å². The van der Waals surface area contributed by atoms with Crippen LogP contribution in [0.5, 0.6) is 0 Å². The van der Waals surface area contributed by atoms with Crippen molar-refractivity contribution in [1.82, 2.24) is 10.6 Å². The summed E-state index contributed by atoms with van der Waals surface area (Å²) in [4.78, 5) is 24.1. The van der Waals surface area contributed by atoms with E-state index in [1.807, 2.05) is 44.2 Å². The van der Waals surface area contributed by atoms with Crippen molar-refractivity contribution in [3.63, 3.8) is 0 Å². The van der Waals surface area contributed by atoms with Gasteiger partial charge in [0, 0.05) is 25.1 Å². The number of nitrogens with one attached hydrogen (secondary N) is 2. The molecule has 0 aromatic heterocycles. The zero-order valence-electron chi connectivity index (χ0n) is 21.7. The maximum atomic E-state index is 12.1. The number of hydrogen-bond donors (Lipinski definition) is 3. The van der Waals surface area contributed by atoms with Crippen LogP contribution in [-0.4, -0.2) is 41.3 Å². The molecule has 6 heteroatoms. The molecule has 1 aliphatic carbocycles. The number of ether oxygens (including phenoxy) is 1. The quantitative estimate of drug-likeness (QED) is 0.344. The molecule has 3 aromatic rings. The van der Waals surface area contributed by atoms with Crippen LogP contribution in [-0.2, 0) is 20.9 Å². The lowest BCUT2D eigenvalue weighted by Crippen LogP contribution is -2.58. The van der Waals surface area contributed by atoms with Crippen LogP contribution in [0.25, 0.3) is 21.9 Å². The molecule has 6 nitrogen and oxygen atoms in total. The predicted molar refractivity (Wildman–Crippen MR) is 147 cm³/mol. The Bertz CT molecular complexity index is 1270. The standard InChI is InChI=1S/C31H36N2O4/c1-4-24(5-2)37-29-18-23(31(35)36)17-28(30(29)33-20(3)34)32-19-22-15-16-26(21-11-7-6-8-12-21)27-14-10-9-13-25(22)27/h6-16,18,24,28-30,32H,4-5,17,19H2,1-3H3,(H,33,34)(H,35,36)/t28-,29+,30+/m0/s1. The van der Waals surface area contributed by atoms with Crippen LogP contribution in [0.15, 0.2) is 78.4 Å². The molecule has 4 rings (SSSR count). The summed E-state index contributed by atoms with van der Waals surface area (Å²) in [5.41, 5.74) is 3.75. The van der Waals surface area contributed by atoms with E-state index < -0.39 is 12.1 Å². The molecule has 0 unspecified atom stereocenters. The molecular formula is C31H36N2O4. The van der Waals surface area contributed by atoms with Crippen molar-refractivity contribution in [2.75, 3.05) is 0 Å². The molecule has 0 aliphatic heterocycles. The average molecular weight is 501 g/mol. The van der Waals surface area contributed by atoms with Gasteiger partial charge in [-0.3, -0.25) is 4.79 Å². The van der Waals surface area contributed by atoms with Gasteiger partial charge in [0.15, 0.2) is 0 Å². The summed E-state index contributed by atoms with van der Waals surface area (Å²) in [5.74, 6) is -1.12. The Balaban J connectivity index is 1.64. The van der Waals surface area contributed by atoms with E-state index in [1.165, 1.54) is 12.5 Å². The summed E-state index contributed by atoms with van der Waals surface area (Å²) in [5, 5.41) is 18.7. The van der Waals surface area contributed by atoms with Crippen molar-refractivity contribution in [2.45, 2.75) is 70.9 Å². The molecule has 0 saturated carbocycles. The number of aliphatic carboxylic acids is 1. The summed E-state index contributed by atoms with van der Waals surface area (Å²) < 4.78 is 6.31. The minimum Gasteiger partial charge on any atom is -0.478 e. The van der Waals surface area contributed by atoms with Crippen molar-refractivity contribution >= 4 is 22.6 Å². The highest BCUT2D eigenvalue weighted by Gasteiger charge is 2.37. The number of benzene rings is 3. The van der Waals surface area contributed by atoms with E-state index in [0.717, 1.165) is 34.7 Å². The molecular weight excluding hydrogens is 464 g/mol. The van der Waals surface area contributed by atoms with E-state index in [-0.39, 0.29) is 24.1 Å². The molecule has 0 saturated heterocycles. The van der Waals surface area contributed by atoms with Gasteiger partial charge < -0.3 is 20.5 Å². The number of carboxylic acids is 1. The lowest BCUT2D eigenvalue weighted by atomic mass is 9.87. The van der Waals surface area contributed by atoms with Gasteiger partial charge in [0.05, 0.1) is 18.2 Å². The van der Waals surface area contributed by atoms with E-state index in [0.29, 0.717) is 18.5 Å². The Labute approximate surface area is 218 Å². The van der Waals surface area contributed by atoms with Crippen molar-refractivity contribution in [3.8, 4) is 11.1 Å². The summed E-state index contributed by atoms with van der Waals surface area (Å²) in [6, 6.07) is 22.2. The highest BCUT2D eigenvalue weighted by Crippen LogP contribution is 2.31. The first-order chi connectivity index (χ1) is 17.9. The van der Waals surface area contributed by atoms with Crippen LogP contribution in [0.3, 0.4) is 0 Å². The van der Waals surface area contributed by atoms with Gasteiger partial charge in [0.1, 0.15) is 0 Å². The molecule has 1 amide bonds. The zero-order chi connectivity index (χ0) is 26.4. The molecule has 0 radical (unpaired) electrons. The number of rotatable bonds is 10. The van der Waals surface area contributed by atoms with Gasteiger partial charge in [-0.1, -0.05) is 80.6 Å². The fraction of sp³-hybridized carbons (Fsp3) is 0.355. The predicted octanol–water partition coefficient (Wildman–Crippen LogP) is 5.46. The normalized spacial score (nSPS) is 19.6. The molecule has 0 spiro atoms. The summed E-state index contributed by atoms with van der Waals surface area (Å²) in [6.45, 7) is 6.11. The number of fused-ring (bicyclic) bond motifs is 1. The van der Waals surface area contributed by atoms with E-state index in [1.54, 1.807) is 6.08 Å². The second-order valence-electron chi connectivity index (χ2n) is 9.64. The molecule has 1 aliphatic rings. The second kappa shape index (κ2) is 12.2. The highest BCUT2D eigenvalue weighted by molar-refractivity contribution is 5.98. The smallest absolute Gasteiger partial charge is 0.331 e. The van der Waals surface area contributed by atoms with Crippen LogP contribution in [0, 0.1) is 0 Å². The number of amides is 1. The second-order valence-corrected chi connectivity index (χ2v) is 9.64. The molecule has 0 heterocycles. The summed E-state index contributed by atoms with van der Waals surface area (Å²) in [6.07, 6.45) is 3.05. The van der Waals surface area contributed by atoms with Gasteiger partial charge >= 0.3 is 5.97 Å². The topological polar surface area (TPSA) is 87.7 Å². The lowest BCUT2D eigenvalue weighted by Gasteiger charge is -2.38. The van der Waals surface area contributed by atoms with Crippen molar-refractivity contribution in [3.05, 3.63) is 83.9 Å². The number of carboxylic acid groups (broad SMARTS) is 1. The molecule has 3 aromatic carbocycles. The Kier molecular flexibility index (Phi) is 8.74.